The van der Waals surface area contributed by atoms with Crippen molar-refractivity contribution in [2.24, 2.45) is 0 Å². The molecule has 0 aliphatic heterocycles. The van der Waals surface area contributed by atoms with Crippen molar-refractivity contribution in [3.8, 4) is 17.0 Å². The number of furan rings is 1. The van der Waals surface area contributed by atoms with Crippen molar-refractivity contribution < 1.29 is 13.9 Å². The summed E-state index contributed by atoms with van der Waals surface area (Å²) in [5, 5.41) is 3.75. The summed E-state index contributed by atoms with van der Waals surface area (Å²) in [6.45, 7) is 4.55. The van der Waals surface area contributed by atoms with Crippen molar-refractivity contribution in [3.05, 3.63) is 83.9 Å². The van der Waals surface area contributed by atoms with Gasteiger partial charge in [-0.1, -0.05) is 29.5 Å². The highest BCUT2D eigenvalue weighted by Gasteiger charge is 2.16. The monoisotopic (exact) mass is 447 g/mol. The van der Waals surface area contributed by atoms with Gasteiger partial charge in [0.25, 0.3) is 0 Å². The van der Waals surface area contributed by atoms with E-state index < -0.39 is 0 Å². The van der Waals surface area contributed by atoms with Crippen LogP contribution in [-0.4, -0.2) is 28.3 Å². The first-order chi connectivity index (χ1) is 15.5. The van der Waals surface area contributed by atoms with Gasteiger partial charge >= 0.3 is 0 Å². The Morgan fingerprint density at radius 1 is 1.16 bits per heavy atom. The van der Waals surface area contributed by atoms with Crippen molar-refractivity contribution in [1.29, 1.82) is 0 Å². The molecule has 2 aromatic carbocycles. The lowest BCUT2D eigenvalue weighted by molar-refractivity contribution is -0.113. The predicted octanol–water partition coefficient (Wildman–Crippen LogP) is 5.55. The van der Waals surface area contributed by atoms with E-state index >= 15 is 0 Å². The summed E-state index contributed by atoms with van der Waals surface area (Å²) >= 11 is 1.40. The minimum Gasteiger partial charge on any atom is -0.497 e. The van der Waals surface area contributed by atoms with E-state index in [9.17, 15) is 4.79 Å². The van der Waals surface area contributed by atoms with Crippen molar-refractivity contribution in [2.45, 2.75) is 25.5 Å². The molecule has 4 rings (SSSR count). The van der Waals surface area contributed by atoms with E-state index in [-0.39, 0.29) is 11.7 Å². The van der Waals surface area contributed by atoms with Crippen LogP contribution in [0.1, 0.15) is 16.9 Å². The van der Waals surface area contributed by atoms with Gasteiger partial charge < -0.3 is 19.0 Å². The van der Waals surface area contributed by atoms with Gasteiger partial charge in [0.05, 0.1) is 37.6 Å². The van der Waals surface area contributed by atoms with Crippen LogP contribution in [-0.2, 0) is 11.3 Å². The second kappa shape index (κ2) is 9.78. The number of nitrogens with one attached hydrogen (secondary N) is 1. The number of rotatable bonds is 8. The quantitative estimate of drug-likeness (QED) is 0.359. The number of aromatic nitrogens is 2. The first-order valence-corrected chi connectivity index (χ1v) is 11.2. The molecule has 6 nitrogen and oxygen atoms in total. The predicted molar refractivity (Wildman–Crippen MR) is 127 cm³/mol. The van der Waals surface area contributed by atoms with Gasteiger partial charge in [-0.3, -0.25) is 4.79 Å². The maximum atomic E-state index is 12.6. The van der Waals surface area contributed by atoms with E-state index in [0.717, 1.165) is 39.2 Å². The molecular formula is C25H25N3O3S. The molecule has 0 unspecified atom stereocenters. The van der Waals surface area contributed by atoms with Crippen LogP contribution < -0.4 is 10.1 Å². The summed E-state index contributed by atoms with van der Waals surface area (Å²) in [4.78, 5) is 17.2. The number of carbonyl (C=O) groups is 1. The van der Waals surface area contributed by atoms with Crippen LogP contribution in [0.25, 0.3) is 11.3 Å². The Bertz CT molecular complexity index is 1200. The molecule has 0 aliphatic carbocycles. The average molecular weight is 448 g/mol. The SMILES string of the molecule is COc1ccc(-c2cnc(SCC(=O)Nc3ccc(C)cc3C)n2Cc2ccco2)cc1. The molecule has 0 fully saturated rings. The van der Waals surface area contributed by atoms with E-state index in [1.165, 1.54) is 17.3 Å². The maximum absolute atomic E-state index is 12.6. The van der Waals surface area contributed by atoms with Crippen molar-refractivity contribution in [1.82, 2.24) is 9.55 Å². The van der Waals surface area contributed by atoms with E-state index in [2.05, 4.69) is 20.9 Å². The molecule has 1 N–H and O–H groups in total. The molecular weight excluding hydrogens is 422 g/mol. The fourth-order valence-corrected chi connectivity index (χ4v) is 4.23. The third-order valence-corrected chi connectivity index (χ3v) is 6.08. The van der Waals surface area contributed by atoms with E-state index in [1.54, 1.807) is 13.4 Å². The molecule has 2 heterocycles. The van der Waals surface area contributed by atoms with E-state index in [4.69, 9.17) is 9.15 Å². The van der Waals surface area contributed by atoms with Crippen molar-refractivity contribution >= 4 is 23.4 Å². The lowest BCUT2D eigenvalue weighted by Crippen LogP contribution is -2.15. The zero-order valence-corrected chi connectivity index (χ0v) is 19.1. The molecule has 0 saturated heterocycles. The van der Waals surface area contributed by atoms with Crippen LogP contribution in [0.5, 0.6) is 5.75 Å². The number of nitrogens with zero attached hydrogens (tertiary/aromatic N) is 2. The first-order valence-electron chi connectivity index (χ1n) is 10.3. The van der Waals surface area contributed by atoms with Crippen LogP contribution in [0.15, 0.2) is 76.6 Å². The van der Waals surface area contributed by atoms with Gasteiger partial charge in [-0.15, -0.1) is 0 Å². The van der Waals surface area contributed by atoms with Crippen molar-refractivity contribution in [2.75, 3.05) is 18.2 Å². The maximum Gasteiger partial charge on any atom is 0.234 e. The number of aryl methyl sites for hydroxylation is 2. The number of imidazole rings is 1. The summed E-state index contributed by atoms with van der Waals surface area (Å²) in [5.41, 5.74) is 5.00. The second-order valence-corrected chi connectivity index (χ2v) is 8.42. The Hall–Kier alpha value is -3.45. The highest BCUT2D eigenvalue weighted by molar-refractivity contribution is 7.99. The van der Waals surface area contributed by atoms with Crippen LogP contribution >= 0.6 is 11.8 Å². The van der Waals surface area contributed by atoms with E-state index in [0.29, 0.717) is 6.54 Å². The third-order valence-electron chi connectivity index (χ3n) is 5.09. The Morgan fingerprint density at radius 2 is 1.97 bits per heavy atom. The molecule has 32 heavy (non-hydrogen) atoms. The fraction of sp³-hybridized carbons (Fsp3) is 0.200. The number of amides is 1. The van der Waals surface area contributed by atoms with Crippen LogP contribution in [0.4, 0.5) is 5.69 Å². The minimum absolute atomic E-state index is 0.0690. The smallest absolute Gasteiger partial charge is 0.234 e. The summed E-state index contributed by atoms with van der Waals surface area (Å²) < 4.78 is 12.9. The molecule has 2 aromatic heterocycles. The summed E-state index contributed by atoms with van der Waals surface area (Å²) in [7, 11) is 1.65. The molecule has 0 aliphatic rings. The third kappa shape index (κ3) is 5.06. The summed E-state index contributed by atoms with van der Waals surface area (Å²) in [6, 6.07) is 17.6. The lowest BCUT2D eigenvalue weighted by atomic mass is 10.1. The Kier molecular flexibility index (Phi) is 6.66. The minimum atomic E-state index is -0.0690. The molecule has 1 amide bonds. The Morgan fingerprint density at radius 3 is 2.66 bits per heavy atom. The zero-order chi connectivity index (χ0) is 22.5. The standard InChI is InChI=1S/C25H25N3O3S/c1-17-6-11-22(18(2)13-17)27-24(29)16-32-25-26-14-23(19-7-9-20(30-3)10-8-19)28(25)15-21-5-4-12-31-21/h4-14H,15-16H2,1-3H3,(H,27,29). The highest BCUT2D eigenvalue weighted by atomic mass is 32.2. The molecule has 164 valence electrons. The molecule has 0 saturated carbocycles. The topological polar surface area (TPSA) is 69.3 Å². The number of methoxy groups -OCH3 is 1. The first kappa shape index (κ1) is 21.8. The number of hydrogen-bond donors (Lipinski definition) is 1. The normalized spacial score (nSPS) is 10.8. The van der Waals surface area contributed by atoms with Crippen molar-refractivity contribution in [3.63, 3.8) is 0 Å². The summed E-state index contributed by atoms with van der Waals surface area (Å²) in [6.07, 6.45) is 3.48. The van der Waals surface area contributed by atoms with Gasteiger partial charge in [0.1, 0.15) is 11.5 Å². The zero-order valence-electron chi connectivity index (χ0n) is 18.3. The number of anilines is 1. The molecule has 0 bridgehead atoms. The number of ether oxygens (including phenoxy) is 1. The van der Waals surface area contributed by atoms with Gasteiger partial charge in [-0.25, -0.2) is 4.98 Å². The number of hydrogen-bond acceptors (Lipinski definition) is 5. The number of benzene rings is 2. The van der Waals surface area contributed by atoms with E-state index in [1.807, 2.05) is 68.6 Å². The molecule has 4 aromatic rings. The van der Waals surface area contributed by atoms with Crippen LogP contribution in [0, 0.1) is 13.8 Å². The highest BCUT2D eigenvalue weighted by Crippen LogP contribution is 2.29. The van der Waals surface area contributed by atoms with Gasteiger partial charge in [0.15, 0.2) is 5.16 Å². The van der Waals surface area contributed by atoms with Crippen LogP contribution in [0.3, 0.4) is 0 Å². The Labute approximate surface area is 191 Å². The second-order valence-electron chi connectivity index (χ2n) is 7.48. The number of carbonyl (C=O) groups excluding carboxylic acids is 1. The molecule has 7 heteroatoms. The van der Waals surface area contributed by atoms with Gasteiger partial charge in [-0.05, 0) is 61.9 Å². The molecule has 0 atom stereocenters. The fourth-order valence-electron chi connectivity index (χ4n) is 3.45. The van der Waals surface area contributed by atoms with Gasteiger partial charge in [0, 0.05) is 11.3 Å². The largest absolute Gasteiger partial charge is 0.497 e. The van der Waals surface area contributed by atoms with Gasteiger partial charge in [0.2, 0.25) is 5.91 Å². The van der Waals surface area contributed by atoms with Crippen LogP contribution in [0.2, 0.25) is 0 Å². The van der Waals surface area contributed by atoms with Gasteiger partial charge in [-0.2, -0.15) is 0 Å². The summed E-state index contributed by atoms with van der Waals surface area (Å²) in [5.74, 6) is 1.80. The lowest BCUT2D eigenvalue weighted by Gasteiger charge is -2.12. The molecule has 0 radical (unpaired) electrons. The Balaban J connectivity index is 1.53. The average Bonchev–Trinajstić information content (AvgIpc) is 3.45. The molecule has 0 spiro atoms. The number of thioether (sulfide) groups is 1.